The van der Waals surface area contributed by atoms with Gasteiger partial charge in [0.1, 0.15) is 0 Å². The molecule has 3 rings (SSSR count). The van der Waals surface area contributed by atoms with Crippen molar-refractivity contribution >= 4 is 11.8 Å². The molecule has 2 unspecified atom stereocenters. The number of piperidine rings is 1. The van der Waals surface area contributed by atoms with Gasteiger partial charge in [0.05, 0.1) is 19.3 Å². The molecule has 2 aliphatic heterocycles. The van der Waals surface area contributed by atoms with E-state index in [0.717, 1.165) is 19.3 Å². The molecule has 0 bridgehead atoms. The maximum Gasteiger partial charge on any atom is 0.223 e. The summed E-state index contributed by atoms with van der Waals surface area (Å²) in [5, 5.41) is 3.21. The highest BCUT2D eigenvalue weighted by molar-refractivity contribution is 5.80. The number of aromatic nitrogens is 1. The van der Waals surface area contributed by atoms with Gasteiger partial charge >= 0.3 is 0 Å². The first-order chi connectivity index (χ1) is 13.0. The number of nitrogens with one attached hydrogen (secondary N) is 1. The predicted molar refractivity (Wildman–Crippen MR) is 103 cm³/mol. The van der Waals surface area contributed by atoms with Gasteiger partial charge in [-0.05, 0) is 42.9 Å². The largest absolute Gasteiger partial charge is 0.379 e. The molecule has 2 aliphatic rings. The van der Waals surface area contributed by atoms with Crippen LogP contribution in [0.25, 0.3) is 0 Å². The van der Waals surface area contributed by atoms with Gasteiger partial charge in [0.2, 0.25) is 11.8 Å². The van der Waals surface area contributed by atoms with Crippen molar-refractivity contribution in [1.82, 2.24) is 15.2 Å². The molecule has 2 fully saturated rings. The third-order valence-electron chi connectivity index (χ3n) is 5.57. The van der Waals surface area contributed by atoms with E-state index in [1.165, 1.54) is 5.56 Å². The minimum absolute atomic E-state index is 0.00437. The zero-order chi connectivity index (χ0) is 19.2. The van der Waals surface area contributed by atoms with Crippen molar-refractivity contribution in [3.8, 4) is 0 Å². The summed E-state index contributed by atoms with van der Waals surface area (Å²) in [6.45, 7) is 6.74. The molecule has 0 aromatic carbocycles. The van der Waals surface area contributed by atoms with Crippen LogP contribution in [0.4, 0.5) is 0 Å². The van der Waals surface area contributed by atoms with Gasteiger partial charge in [0, 0.05) is 43.7 Å². The maximum atomic E-state index is 12.7. The molecule has 6 heteroatoms. The Kier molecular flexibility index (Phi) is 6.83. The zero-order valence-corrected chi connectivity index (χ0v) is 16.4. The maximum absolute atomic E-state index is 12.7. The highest BCUT2D eigenvalue weighted by Crippen LogP contribution is 2.22. The van der Waals surface area contributed by atoms with Crippen LogP contribution in [0.5, 0.6) is 0 Å². The molecule has 0 aliphatic carbocycles. The van der Waals surface area contributed by atoms with E-state index in [1.807, 2.05) is 17.0 Å². The van der Waals surface area contributed by atoms with Crippen molar-refractivity contribution in [1.29, 1.82) is 0 Å². The first-order valence-electron chi connectivity index (χ1n) is 10.1. The topological polar surface area (TPSA) is 71.5 Å². The number of rotatable bonds is 6. The molecule has 1 aromatic rings. The number of nitrogens with zero attached hydrogens (tertiary/aromatic N) is 2. The van der Waals surface area contributed by atoms with E-state index in [0.29, 0.717) is 44.6 Å². The lowest BCUT2D eigenvalue weighted by molar-refractivity contribution is -0.136. The highest BCUT2D eigenvalue weighted by Gasteiger charge is 2.33. The van der Waals surface area contributed by atoms with E-state index in [-0.39, 0.29) is 23.8 Å². The van der Waals surface area contributed by atoms with Crippen LogP contribution in [-0.4, -0.2) is 54.0 Å². The number of hydrogen-bond acceptors (Lipinski definition) is 4. The smallest absolute Gasteiger partial charge is 0.223 e. The molecule has 0 saturated carbocycles. The molecule has 6 nitrogen and oxygen atoms in total. The van der Waals surface area contributed by atoms with Gasteiger partial charge in [0.15, 0.2) is 0 Å². The Bertz CT molecular complexity index is 627. The summed E-state index contributed by atoms with van der Waals surface area (Å²) in [6, 6.07) is 4.09. The Balaban J connectivity index is 1.47. The molecule has 0 radical (unpaired) electrons. The first-order valence-corrected chi connectivity index (χ1v) is 10.1. The van der Waals surface area contributed by atoms with Crippen molar-refractivity contribution in [3.63, 3.8) is 0 Å². The van der Waals surface area contributed by atoms with Gasteiger partial charge in [0.25, 0.3) is 0 Å². The lowest BCUT2D eigenvalue weighted by Gasteiger charge is -2.32. The molecular formula is C21H31N3O3. The Hall–Kier alpha value is -1.95. The second-order valence-electron chi connectivity index (χ2n) is 8.23. The lowest BCUT2D eigenvalue weighted by atomic mass is 9.92. The summed E-state index contributed by atoms with van der Waals surface area (Å²) < 4.78 is 5.63. The van der Waals surface area contributed by atoms with E-state index in [2.05, 4.69) is 24.1 Å². The van der Waals surface area contributed by atoms with Crippen molar-refractivity contribution in [2.24, 2.45) is 17.8 Å². The van der Waals surface area contributed by atoms with Crippen molar-refractivity contribution in [3.05, 3.63) is 30.1 Å². The summed E-state index contributed by atoms with van der Waals surface area (Å²) in [7, 11) is 0. The average Bonchev–Trinajstić information content (AvgIpc) is 3.08. The standard InChI is InChI=1S/C21H31N3O3/c1-15(2)11-20(25)24-9-5-17(6-10-24)21(26)23-19-14-27-13-18(19)12-16-3-7-22-8-4-16/h3-4,7-8,15,17-19H,5-6,9-14H2,1-2H3,(H,23,26). The van der Waals surface area contributed by atoms with Gasteiger partial charge in [-0.1, -0.05) is 13.8 Å². The predicted octanol–water partition coefficient (Wildman–Crippen LogP) is 2.04. The fourth-order valence-corrected chi connectivity index (χ4v) is 3.95. The second kappa shape index (κ2) is 9.31. The molecular weight excluding hydrogens is 342 g/mol. The molecule has 27 heavy (non-hydrogen) atoms. The van der Waals surface area contributed by atoms with Gasteiger partial charge in [-0.15, -0.1) is 0 Å². The third kappa shape index (κ3) is 5.51. The van der Waals surface area contributed by atoms with E-state index in [4.69, 9.17) is 4.74 Å². The molecule has 2 saturated heterocycles. The van der Waals surface area contributed by atoms with Crippen molar-refractivity contribution in [2.75, 3.05) is 26.3 Å². The van der Waals surface area contributed by atoms with Crippen LogP contribution in [0.15, 0.2) is 24.5 Å². The van der Waals surface area contributed by atoms with Crippen LogP contribution in [0.2, 0.25) is 0 Å². The fourth-order valence-electron chi connectivity index (χ4n) is 3.95. The first kappa shape index (κ1) is 19.8. The molecule has 2 amide bonds. The molecule has 148 valence electrons. The average molecular weight is 373 g/mol. The monoisotopic (exact) mass is 373 g/mol. The number of amides is 2. The number of carbonyl (C=O) groups is 2. The van der Waals surface area contributed by atoms with Gasteiger partial charge in [-0.3, -0.25) is 14.6 Å². The Morgan fingerprint density at radius 3 is 2.59 bits per heavy atom. The van der Waals surface area contributed by atoms with Crippen LogP contribution < -0.4 is 5.32 Å². The summed E-state index contributed by atoms with van der Waals surface area (Å²) in [5.74, 6) is 0.990. The van der Waals surface area contributed by atoms with Gasteiger partial charge < -0.3 is 15.0 Å². The van der Waals surface area contributed by atoms with Crippen LogP contribution >= 0.6 is 0 Å². The minimum atomic E-state index is -0.00437. The molecule has 3 heterocycles. The zero-order valence-electron chi connectivity index (χ0n) is 16.4. The Morgan fingerprint density at radius 2 is 1.93 bits per heavy atom. The number of pyridine rings is 1. The second-order valence-corrected chi connectivity index (χ2v) is 8.23. The summed E-state index contributed by atoms with van der Waals surface area (Å²) >= 11 is 0. The summed E-state index contributed by atoms with van der Waals surface area (Å²) in [4.78, 5) is 30.9. The highest BCUT2D eigenvalue weighted by atomic mass is 16.5. The Labute approximate surface area is 161 Å². The SMILES string of the molecule is CC(C)CC(=O)N1CCC(C(=O)NC2COCC2Cc2ccncc2)CC1. The van der Waals surface area contributed by atoms with E-state index >= 15 is 0 Å². The molecule has 0 spiro atoms. The molecule has 2 atom stereocenters. The fraction of sp³-hybridized carbons (Fsp3) is 0.667. The molecule has 1 aromatic heterocycles. The summed E-state index contributed by atoms with van der Waals surface area (Å²) in [6.07, 6.45) is 6.57. The number of ether oxygens (including phenoxy) is 1. The van der Waals surface area contributed by atoms with Crippen molar-refractivity contribution < 1.29 is 14.3 Å². The van der Waals surface area contributed by atoms with Crippen molar-refractivity contribution in [2.45, 2.75) is 45.6 Å². The van der Waals surface area contributed by atoms with Crippen LogP contribution in [-0.2, 0) is 20.7 Å². The van der Waals surface area contributed by atoms with Gasteiger partial charge in [-0.25, -0.2) is 0 Å². The van der Waals surface area contributed by atoms with E-state index in [1.54, 1.807) is 12.4 Å². The lowest BCUT2D eigenvalue weighted by Crippen LogP contribution is -2.47. The van der Waals surface area contributed by atoms with Gasteiger partial charge in [-0.2, -0.15) is 0 Å². The van der Waals surface area contributed by atoms with Crippen LogP contribution in [0, 0.1) is 17.8 Å². The normalized spacial score (nSPS) is 23.6. The minimum Gasteiger partial charge on any atom is -0.379 e. The van der Waals surface area contributed by atoms with E-state index < -0.39 is 0 Å². The number of hydrogen-bond donors (Lipinski definition) is 1. The van der Waals surface area contributed by atoms with Crippen LogP contribution in [0.3, 0.4) is 0 Å². The summed E-state index contributed by atoms with van der Waals surface area (Å²) in [5.41, 5.74) is 1.22. The Morgan fingerprint density at radius 1 is 1.22 bits per heavy atom. The molecule has 1 N–H and O–H groups in total. The number of likely N-dealkylation sites (tertiary alicyclic amines) is 1. The third-order valence-corrected chi connectivity index (χ3v) is 5.57. The number of carbonyl (C=O) groups excluding carboxylic acids is 2. The van der Waals surface area contributed by atoms with E-state index in [9.17, 15) is 9.59 Å². The van der Waals surface area contributed by atoms with Crippen LogP contribution in [0.1, 0.15) is 38.7 Å². The quantitative estimate of drug-likeness (QED) is 0.828.